The molecule has 0 radical (unpaired) electrons. The van der Waals surface area contributed by atoms with Crippen molar-refractivity contribution in [2.75, 3.05) is 11.9 Å². The number of amides is 1. The quantitative estimate of drug-likeness (QED) is 0.833. The molecule has 0 aliphatic heterocycles. The summed E-state index contributed by atoms with van der Waals surface area (Å²) < 4.78 is 13.1. The second kappa shape index (κ2) is 6.28. The van der Waals surface area contributed by atoms with Crippen LogP contribution >= 0.6 is 11.3 Å². The van der Waals surface area contributed by atoms with E-state index in [1.54, 1.807) is 6.92 Å². The monoisotopic (exact) mass is 290 g/mol. The average molecular weight is 290 g/mol. The molecule has 0 fully saturated rings. The van der Waals surface area contributed by atoms with Crippen LogP contribution < -0.4 is 5.32 Å². The van der Waals surface area contributed by atoms with Crippen LogP contribution in [0, 0.1) is 24.6 Å². The Morgan fingerprint density at radius 1 is 1.55 bits per heavy atom. The van der Waals surface area contributed by atoms with Crippen molar-refractivity contribution >= 4 is 22.4 Å². The van der Waals surface area contributed by atoms with Gasteiger partial charge in [-0.1, -0.05) is 23.2 Å². The normalized spacial score (nSPS) is 9.75. The first kappa shape index (κ1) is 14.2. The fraction of sp³-hybridized carbons (Fsp3) is 0.143. The maximum atomic E-state index is 13.1. The first-order chi connectivity index (χ1) is 9.60. The number of hydrogen-bond donors (Lipinski definition) is 2. The number of carbonyl (C=O) groups excluding carboxylic acids is 1. The third-order valence-electron chi connectivity index (χ3n) is 2.44. The van der Waals surface area contributed by atoms with Crippen molar-refractivity contribution in [3.8, 4) is 11.8 Å². The molecule has 20 heavy (non-hydrogen) atoms. The molecule has 4 nitrogen and oxygen atoms in total. The summed E-state index contributed by atoms with van der Waals surface area (Å²) in [6.45, 7) is 1.37. The first-order valence-corrected chi connectivity index (χ1v) is 6.55. The minimum atomic E-state index is -0.357. The van der Waals surface area contributed by atoms with Gasteiger partial charge in [-0.15, -0.1) is 0 Å². The number of hydrogen-bond acceptors (Lipinski definition) is 4. The van der Waals surface area contributed by atoms with Gasteiger partial charge in [0.15, 0.2) is 5.13 Å². The van der Waals surface area contributed by atoms with Gasteiger partial charge in [0.1, 0.15) is 12.4 Å². The molecule has 1 aromatic carbocycles. The molecular weight excluding hydrogens is 279 g/mol. The predicted octanol–water partition coefficient (Wildman–Crippen LogP) is 2.19. The summed E-state index contributed by atoms with van der Waals surface area (Å²) in [7, 11) is 0. The second-order valence-corrected chi connectivity index (χ2v) is 4.94. The number of anilines is 1. The standard InChI is InChI=1S/C14H11FN2O2S/c1-9-7-10(4-5-12(9)15)13(19)17-14-16-8-11(20-14)3-2-6-18/h4-5,7-8,18H,6H2,1H3,(H,16,17,19). The van der Waals surface area contributed by atoms with Gasteiger partial charge in [-0.25, -0.2) is 9.37 Å². The van der Waals surface area contributed by atoms with Crippen LogP contribution in [0.15, 0.2) is 24.4 Å². The third kappa shape index (κ3) is 3.41. The van der Waals surface area contributed by atoms with Crippen LogP contribution in [0.25, 0.3) is 0 Å². The Morgan fingerprint density at radius 3 is 3.05 bits per heavy atom. The number of thiazole rings is 1. The van der Waals surface area contributed by atoms with E-state index >= 15 is 0 Å². The summed E-state index contributed by atoms with van der Waals surface area (Å²) in [5, 5.41) is 11.6. The lowest BCUT2D eigenvalue weighted by Gasteiger charge is -2.03. The van der Waals surface area contributed by atoms with Gasteiger partial charge in [0.05, 0.1) is 11.1 Å². The highest BCUT2D eigenvalue weighted by atomic mass is 32.1. The lowest BCUT2D eigenvalue weighted by Crippen LogP contribution is -2.11. The Bertz CT molecular complexity index is 701. The van der Waals surface area contributed by atoms with Crippen molar-refractivity contribution < 1.29 is 14.3 Å². The Labute approximate surface area is 119 Å². The molecule has 1 heterocycles. The van der Waals surface area contributed by atoms with Gasteiger partial charge in [-0.05, 0) is 30.7 Å². The van der Waals surface area contributed by atoms with Crippen LogP contribution in [0.1, 0.15) is 20.8 Å². The number of rotatable bonds is 2. The predicted molar refractivity (Wildman–Crippen MR) is 75.2 cm³/mol. The SMILES string of the molecule is Cc1cc(C(=O)Nc2ncc(C#CCO)s2)ccc1F. The lowest BCUT2D eigenvalue weighted by molar-refractivity contribution is 0.102. The maximum absolute atomic E-state index is 13.1. The molecule has 0 spiro atoms. The Balaban J connectivity index is 2.11. The number of aryl methyl sites for hydroxylation is 1. The van der Waals surface area contributed by atoms with Crippen LogP contribution in [0.4, 0.5) is 9.52 Å². The van der Waals surface area contributed by atoms with E-state index in [1.807, 2.05) is 0 Å². The van der Waals surface area contributed by atoms with Gasteiger partial charge in [-0.3, -0.25) is 10.1 Å². The number of nitrogens with one attached hydrogen (secondary N) is 1. The van der Waals surface area contributed by atoms with Crippen molar-refractivity contribution in [1.29, 1.82) is 0 Å². The van der Waals surface area contributed by atoms with Crippen molar-refractivity contribution in [1.82, 2.24) is 4.98 Å². The van der Waals surface area contributed by atoms with Gasteiger partial charge >= 0.3 is 0 Å². The fourth-order valence-electron chi connectivity index (χ4n) is 1.47. The van der Waals surface area contributed by atoms with E-state index < -0.39 is 0 Å². The summed E-state index contributed by atoms with van der Waals surface area (Å²) >= 11 is 1.20. The molecule has 0 bridgehead atoms. The molecule has 0 aliphatic carbocycles. The summed E-state index contributed by atoms with van der Waals surface area (Å²) in [5.74, 6) is 4.49. The maximum Gasteiger partial charge on any atom is 0.257 e. The van der Waals surface area contributed by atoms with Gasteiger partial charge in [0.25, 0.3) is 5.91 Å². The van der Waals surface area contributed by atoms with Gasteiger partial charge < -0.3 is 5.11 Å². The van der Waals surface area contributed by atoms with E-state index in [4.69, 9.17) is 5.11 Å². The first-order valence-electron chi connectivity index (χ1n) is 5.73. The van der Waals surface area contributed by atoms with Crippen molar-refractivity contribution in [3.63, 3.8) is 0 Å². The molecule has 0 saturated carbocycles. The molecule has 0 aliphatic rings. The summed E-state index contributed by atoms with van der Waals surface area (Å²) in [5.41, 5.74) is 0.772. The number of carbonyl (C=O) groups is 1. The Morgan fingerprint density at radius 2 is 2.35 bits per heavy atom. The summed E-state index contributed by atoms with van der Waals surface area (Å²) in [6.07, 6.45) is 1.51. The van der Waals surface area contributed by atoms with Gasteiger partial charge in [0, 0.05) is 5.56 Å². The minimum Gasteiger partial charge on any atom is -0.384 e. The van der Waals surface area contributed by atoms with E-state index in [0.29, 0.717) is 21.1 Å². The Kier molecular flexibility index (Phi) is 4.45. The largest absolute Gasteiger partial charge is 0.384 e. The van der Waals surface area contributed by atoms with E-state index in [0.717, 1.165) is 0 Å². The van der Waals surface area contributed by atoms with Crippen LogP contribution in [0.5, 0.6) is 0 Å². The van der Waals surface area contributed by atoms with Crippen molar-refractivity contribution in [3.05, 3.63) is 46.2 Å². The number of benzene rings is 1. The van der Waals surface area contributed by atoms with E-state index in [1.165, 1.54) is 35.7 Å². The molecule has 0 unspecified atom stereocenters. The van der Waals surface area contributed by atoms with E-state index in [-0.39, 0.29) is 18.3 Å². The summed E-state index contributed by atoms with van der Waals surface area (Å²) in [4.78, 5) is 16.6. The molecule has 2 rings (SSSR count). The molecule has 0 atom stereocenters. The number of nitrogens with zero attached hydrogens (tertiary/aromatic N) is 1. The number of aliphatic hydroxyl groups is 1. The molecule has 102 valence electrons. The molecular formula is C14H11FN2O2S. The highest BCUT2D eigenvalue weighted by Crippen LogP contribution is 2.18. The zero-order valence-electron chi connectivity index (χ0n) is 10.6. The van der Waals surface area contributed by atoms with Gasteiger partial charge in [0.2, 0.25) is 0 Å². The average Bonchev–Trinajstić information content (AvgIpc) is 2.87. The van der Waals surface area contributed by atoms with Crippen LogP contribution in [0.3, 0.4) is 0 Å². The fourth-order valence-corrected chi connectivity index (χ4v) is 2.16. The number of aliphatic hydroxyl groups excluding tert-OH is 1. The zero-order chi connectivity index (χ0) is 14.5. The topological polar surface area (TPSA) is 62.2 Å². The van der Waals surface area contributed by atoms with Crippen LogP contribution in [-0.2, 0) is 0 Å². The molecule has 1 aromatic heterocycles. The van der Waals surface area contributed by atoms with Gasteiger partial charge in [-0.2, -0.15) is 0 Å². The zero-order valence-corrected chi connectivity index (χ0v) is 11.4. The molecule has 6 heteroatoms. The number of halogens is 1. The van der Waals surface area contributed by atoms with Crippen LogP contribution in [-0.4, -0.2) is 22.6 Å². The van der Waals surface area contributed by atoms with Crippen molar-refractivity contribution in [2.24, 2.45) is 0 Å². The molecule has 1 amide bonds. The highest BCUT2D eigenvalue weighted by molar-refractivity contribution is 7.16. The number of aromatic nitrogens is 1. The minimum absolute atomic E-state index is 0.228. The van der Waals surface area contributed by atoms with E-state index in [2.05, 4.69) is 22.1 Å². The smallest absolute Gasteiger partial charge is 0.257 e. The molecule has 0 saturated heterocycles. The third-order valence-corrected chi connectivity index (χ3v) is 3.27. The Hall–Kier alpha value is -2.23. The van der Waals surface area contributed by atoms with E-state index in [9.17, 15) is 9.18 Å². The summed E-state index contributed by atoms with van der Waals surface area (Å²) in [6, 6.07) is 4.15. The second-order valence-electron chi connectivity index (χ2n) is 3.91. The molecule has 2 N–H and O–H groups in total. The van der Waals surface area contributed by atoms with Crippen molar-refractivity contribution in [2.45, 2.75) is 6.92 Å². The van der Waals surface area contributed by atoms with Crippen LogP contribution in [0.2, 0.25) is 0 Å². The molecule has 2 aromatic rings. The highest BCUT2D eigenvalue weighted by Gasteiger charge is 2.10. The lowest BCUT2D eigenvalue weighted by atomic mass is 10.1.